The van der Waals surface area contributed by atoms with E-state index in [0.717, 1.165) is 0 Å². The Bertz CT molecular complexity index is 1380. The van der Waals surface area contributed by atoms with Crippen molar-refractivity contribution < 1.29 is 19.0 Å². The number of hydrogen-bond donors (Lipinski definition) is 4. The summed E-state index contributed by atoms with van der Waals surface area (Å²) >= 11 is 0. The summed E-state index contributed by atoms with van der Waals surface area (Å²) in [6.07, 6.45) is 0.893. The van der Waals surface area contributed by atoms with Crippen LogP contribution in [0.1, 0.15) is 43.2 Å². The Labute approximate surface area is 205 Å². The highest BCUT2D eigenvalue weighted by Crippen LogP contribution is 2.37. The maximum atomic E-state index is 15.7. The lowest BCUT2D eigenvalue weighted by Crippen LogP contribution is -2.46. The Morgan fingerprint density at radius 1 is 1.44 bits per heavy atom. The number of rotatable bonds is 6. The molecule has 0 bridgehead atoms. The zero-order valence-electron chi connectivity index (χ0n) is 19.6. The van der Waals surface area contributed by atoms with E-state index in [1.54, 1.807) is 0 Å². The van der Waals surface area contributed by atoms with Gasteiger partial charge in [-0.3, -0.25) is 0 Å². The summed E-state index contributed by atoms with van der Waals surface area (Å²) in [7, 11) is 1.24. The van der Waals surface area contributed by atoms with Gasteiger partial charge in [-0.05, 0) is 49.8 Å². The van der Waals surface area contributed by atoms with Gasteiger partial charge in [0.25, 0.3) is 17.4 Å². The lowest BCUT2D eigenvalue weighted by molar-refractivity contribution is 0.0759. The number of halogens is 1. The van der Waals surface area contributed by atoms with Gasteiger partial charge >= 0.3 is 6.09 Å². The van der Waals surface area contributed by atoms with Crippen LogP contribution < -0.4 is 16.0 Å². The third kappa shape index (κ3) is 4.82. The topological polar surface area (TPSA) is 154 Å². The molecule has 0 aliphatic heterocycles. The van der Waals surface area contributed by atoms with Crippen LogP contribution in [-0.4, -0.2) is 56.6 Å². The highest BCUT2D eigenvalue weighted by Gasteiger charge is 2.33. The molecule has 3 aromatic rings. The molecule has 1 aliphatic carbocycles. The number of benzene rings is 1. The zero-order valence-corrected chi connectivity index (χ0v) is 19.6. The maximum Gasteiger partial charge on any atom is 0.407 e. The third-order valence-electron chi connectivity index (χ3n) is 6.02. The average molecular weight is 494 g/mol. The Morgan fingerprint density at radius 3 is 2.92 bits per heavy atom. The molecule has 13 heteroatoms. The smallest absolute Gasteiger partial charge is 0.407 e. The molecule has 1 amide bonds. The molecule has 186 valence electrons. The highest BCUT2D eigenvalue weighted by molar-refractivity contribution is 5.69. The first kappa shape index (κ1) is 24.6. The normalized spacial score (nSPS) is 19.2. The highest BCUT2D eigenvalue weighted by atomic mass is 19.1. The van der Waals surface area contributed by atoms with Gasteiger partial charge in [0, 0.05) is 6.54 Å². The van der Waals surface area contributed by atoms with E-state index < -0.39 is 24.1 Å². The van der Waals surface area contributed by atoms with Gasteiger partial charge in [-0.15, -0.1) is 4.52 Å². The van der Waals surface area contributed by atoms with Gasteiger partial charge in [0.1, 0.15) is 5.82 Å². The molecule has 4 N–H and O–H groups in total. The molecule has 1 saturated carbocycles. The van der Waals surface area contributed by atoms with Gasteiger partial charge in [-0.2, -0.15) is 10.2 Å². The van der Waals surface area contributed by atoms with Crippen LogP contribution >= 0.6 is 0 Å². The predicted octanol–water partition coefficient (Wildman–Crippen LogP) is 3.21. The second kappa shape index (κ2) is 10.4. The molecule has 0 radical (unpaired) electrons. The molecule has 1 aromatic carbocycles. The third-order valence-corrected chi connectivity index (χ3v) is 6.02. The number of imidazole rings is 1. The number of aliphatic hydroxyl groups is 1. The van der Waals surface area contributed by atoms with Crippen LogP contribution in [0, 0.1) is 23.7 Å². The monoisotopic (exact) mass is 493 g/mol. The molecule has 1 unspecified atom stereocenters. The minimum Gasteiger partial charge on any atom is -0.453 e. The standard InChI is InChI=1S/C23H24FN9O3/c1-4-27-20-21-28-11-18(26-2)33(21)32-22(31-20)29-16-8-12(10-25)7-14(19(16)24)13-5-6-15(17(34)9-13)30-23(35)36-3/h7-8,11,13,15,17,34H,4-6,9H2,1,3H3,(H,30,35)(H2,27,29,31,32)/t13?,15-,17-/m1/s1. The minimum absolute atomic E-state index is 0.00677. The van der Waals surface area contributed by atoms with Crippen molar-refractivity contribution in [3.05, 3.63) is 46.7 Å². The number of amides is 1. The summed E-state index contributed by atoms with van der Waals surface area (Å²) in [5, 5.41) is 32.9. The van der Waals surface area contributed by atoms with Crippen molar-refractivity contribution in [1.82, 2.24) is 24.9 Å². The number of anilines is 3. The number of carbonyl (C=O) groups is 1. The summed E-state index contributed by atoms with van der Waals surface area (Å²) in [4.78, 5) is 23.5. The fourth-order valence-electron chi connectivity index (χ4n) is 4.31. The number of methoxy groups -OCH3 is 1. The van der Waals surface area contributed by atoms with Crippen LogP contribution in [0.3, 0.4) is 0 Å². The fourth-order valence-corrected chi connectivity index (χ4v) is 4.31. The van der Waals surface area contributed by atoms with Crippen LogP contribution in [0.5, 0.6) is 0 Å². The van der Waals surface area contributed by atoms with Gasteiger partial charge in [0.2, 0.25) is 0 Å². The van der Waals surface area contributed by atoms with Gasteiger partial charge in [-0.1, -0.05) is 11.7 Å². The van der Waals surface area contributed by atoms with E-state index in [9.17, 15) is 15.2 Å². The number of fused-ring (bicyclic) bond motifs is 1. The molecule has 2 aromatic heterocycles. The molecule has 12 nitrogen and oxygen atoms in total. The SMILES string of the molecule is [C-]#[N+]c1cnc2c(NCC)nc(Nc3cc(C#N)cc(C4CC[C@@H](NC(=O)OC)[C@H](O)C4)c3F)nn12. The first-order chi connectivity index (χ1) is 17.4. The Kier molecular flexibility index (Phi) is 7.12. The number of alkyl carbamates (subject to hydrolysis) is 1. The summed E-state index contributed by atoms with van der Waals surface area (Å²) in [6, 6.07) is 4.35. The quantitative estimate of drug-likeness (QED) is 0.379. The van der Waals surface area contributed by atoms with Gasteiger partial charge in [0.15, 0.2) is 5.82 Å². The number of aromatic nitrogens is 4. The number of hydrogen-bond acceptors (Lipinski definition) is 9. The van der Waals surface area contributed by atoms with E-state index in [2.05, 4.69) is 40.6 Å². The minimum atomic E-state index is -0.911. The maximum absolute atomic E-state index is 15.7. The number of nitrogens with one attached hydrogen (secondary N) is 3. The molecule has 2 heterocycles. The molecule has 1 fully saturated rings. The van der Waals surface area contributed by atoms with Crippen LogP contribution in [0.15, 0.2) is 18.3 Å². The first-order valence-electron chi connectivity index (χ1n) is 11.3. The van der Waals surface area contributed by atoms with Crippen molar-refractivity contribution >= 4 is 35.0 Å². The first-order valence-corrected chi connectivity index (χ1v) is 11.3. The van der Waals surface area contributed by atoms with Crippen LogP contribution in [0.4, 0.5) is 32.5 Å². The summed E-state index contributed by atoms with van der Waals surface area (Å²) in [6.45, 7) is 9.73. The Balaban J connectivity index is 1.66. The fraction of sp³-hybridized carbons (Fsp3) is 0.391. The van der Waals surface area contributed by atoms with Crippen molar-refractivity contribution in [3.8, 4) is 6.07 Å². The van der Waals surface area contributed by atoms with E-state index in [1.807, 2.05) is 13.0 Å². The Morgan fingerprint density at radius 2 is 2.25 bits per heavy atom. The molecular formula is C23H24FN9O3. The predicted molar refractivity (Wildman–Crippen MR) is 128 cm³/mol. The summed E-state index contributed by atoms with van der Waals surface area (Å²) < 4.78 is 21.6. The average Bonchev–Trinajstić information content (AvgIpc) is 3.30. The van der Waals surface area contributed by atoms with Crippen LogP contribution in [0.2, 0.25) is 0 Å². The van der Waals surface area contributed by atoms with Crippen molar-refractivity contribution in [1.29, 1.82) is 5.26 Å². The van der Waals surface area contributed by atoms with Crippen molar-refractivity contribution in [2.45, 2.75) is 44.2 Å². The molecule has 0 spiro atoms. The van der Waals surface area contributed by atoms with E-state index in [-0.39, 0.29) is 40.9 Å². The van der Waals surface area contributed by atoms with Gasteiger partial charge in [0.05, 0.1) is 42.8 Å². The van der Waals surface area contributed by atoms with E-state index in [1.165, 1.54) is 30.0 Å². The number of carbonyl (C=O) groups excluding carboxylic acids is 1. The number of nitriles is 1. The number of ether oxygens (including phenoxy) is 1. The van der Waals surface area contributed by atoms with E-state index in [0.29, 0.717) is 30.9 Å². The van der Waals surface area contributed by atoms with Crippen molar-refractivity contribution in [2.75, 3.05) is 24.3 Å². The number of aliphatic hydroxyl groups excluding tert-OH is 1. The Hall–Kier alpha value is -4.49. The molecule has 4 rings (SSSR count). The second-order valence-electron chi connectivity index (χ2n) is 8.26. The zero-order chi connectivity index (χ0) is 25.8. The lowest BCUT2D eigenvalue weighted by atomic mass is 9.79. The molecule has 0 saturated heterocycles. The second-order valence-corrected chi connectivity index (χ2v) is 8.26. The van der Waals surface area contributed by atoms with Crippen LogP contribution in [-0.2, 0) is 4.74 Å². The van der Waals surface area contributed by atoms with E-state index >= 15 is 4.39 Å². The van der Waals surface area contributed by atoms with Crippen LogP contribution in [0.25, 0.3) is 10.5 Å². The van der Waals surface area contributed by atoms with E-state index in [4.69, 9.17) is 6.57 Å². The largest absolute Gasteiger partial charge is 0.453 e. The summed E-state index contributed by atoms with van der Waals surface area (Å²) in [5.41, 5.74) is 0.825. The van der Waals surface area contributed by atoms with Gasteiger partial charge < -0.3 is 30.6 Å². The van der Waals surface area contributed by atoms with Gasteiger partial charge in [-0.25, -0.2) is 14.2 Å². The summed E-state index contributed by atoms with van der Waals surface area (Å²) in [5.74, 6) is -0.454. The molecular weight excluding hydrogens is 469 g/mol. The molecule has 3 atom stereocenters. The number of nitrogens with zero attached hydrogens (tertiary/aromatic N) is 6. The van der Waals surface area contributed by atoms with Crippen molar-refractivity contribution in [3.63, 3.8) is 0 Å². The lowest BCUT2D eigenvalue weighted by Gasteiger charge is -2.33. The van der Waals surface area contributed by atoms with Crippen molar-refractivity contribution in [2.24, 2.45) is 0 Å². The molecule has 36 heavy (non-hydrogen) atoms. The molecule has 1 aliphatic rings.